The zero-order chi connectivity index (χ0) is 21.0. The third-order valence-corrected chi connectivity index (χ3v) is 4.45. The molecule has 0 aliphatic rings. The number of methoxy groups -OCH3 is 3. The maximum atomic E-state index is 12.7. The Bertz CT molecular complexity index is 1030. The molecule has 0 aliphatic heterocycles. The second-order valence-corrected chi connectivity index (χ2v) is 6.34. The number of rotatable bonds is 7. The van der Waals surface area contributed by atoms with Gasteiger partial charge in [-0.2, -0.15) is 0 Å². The molecule has 152 valence electrons. The number of H-pyrrole nitrogens is 1. The fraction of sp³-hybridized carbons (Fsp3) is 0.238. The van der Waals surface area contributed by atoms with Crippen molar-refractivity contribution in [3.8, 4) is 17.2 Å². The van der Waals surface area contributed by atoms with E-state index in [1.807, 2.05) is 18.2 Å². The van der Waals surface area contributed by atoms with Gasteiger partial charge in [-0.05, 0) is 31.2 Å². The number of hydrogen-bond donors (Lipinski definition) is 3. The largest absolute Gasteiger partial charge is 0.493 e. The first-order valence-corrected chi connectivity index (χ1v) is 8.97. The van der Waals surface area contributed by atoms with Crippen molar-refractivity contribution >= 4 is 28.4 Å². The molecule has 0 fully saturated rings. The molecule has 8 heteroatoms. The van der Waals surface area contributed by atoms with Crippen LogP contribution < -0.4 is 24.8 Å². The van der Waals surface area contributed by atoms with Crippen molar-refractivity contribution < 1.29 is 23.8 Å². The van der Waals surface area contributed by atoms with Crippen LogP contribution in [0.3, 0.4) is 0 Å². The average Bonchev–Trinajstić information content (AvgIpc) is 3.16. The minimum atomic E-state index is -0.736. The SMILES string of the molecule is COc1cc2cc(C(=O)NC(C)C(=O)Nc3ccccc3)[nH]c2c(OC)c1OC. The van der Waals surface area contributed by atoms with Crippen molar-refractivity contribution in [3.05, 3.63) is 48.2 Å². The molecule has 3 aromatic rings. The predicted molar refractivity (Wildman–Crippen MR) is 110 cm³/mol. The lowest BCUT2D eigenvalue weighted by Gasteiger charge is -2.13. The first kappa shape index (κ1) is 20.1. The molecule has 0 radical (unpaired) electrons. The summed E-state index contributed by atoms with van der Waals surface area (Å²) < 4.78 is 16.1. The molecule has 0 saturated heterocycles. The van der Waals surface area contributed by atoms with E-state index >= 15 is 0 Å². The van der Waals surface area contributed by atoms with Crippen LogP contribution in [0, 0.1) is 0 Å². The van der Waals surface area contributed by atoms with Gasteiger partial charge in [0, 0.05) is 11.1 Å². The Hall–Kier alpha value is -3.68. The molecule has 1 unspecified atom stereocenters. The summed E-state index contributed by atoms with van der Waals surface area (Å²) in [4.78, 5) is 28.0. The first-order chi connectivity index (χ1) is 14.0. The first-order valence-electron chi connectivity index (χ1n) is 8.97. The lowest BCUT2D eigenvalue weighted by atomic mass is 10.2. The number of para-hydroxylation sites is 1. The summed E-state index contributed by atoms with van der Waals surface area (Å²) in [5.74, 6) is 0.597. The lowest BCUT2D eigenvalue weighted by molar-refractivity contribution is -0.117. The number of carbonyl (C=O) groups is 2. The van der Waals surface area contributed by atoms with E-state index in [0.717, 1.165) is 0 Å². The molecule has 0 aliphatic carbocycles. The highest BCUT2D eigenvalue weighted by atomic mass is 16.5. The number of hydrogen-bond acceptors (Lipinski definition) is 5. The smallest absolute Gasteiger partial charge is 0.268 e. The quantitative estimate of drug-likeness (QED) is 0.569. The maximum absolute atomic E-state index is 12.7. The van der Waals surface area contributed by atoms with Crippen molar-refractivity contribution in [2.45, 2.75) is 13.0 Å². The predicted octanol–water partition coefficient (Wildman–Crippen LogP) is 2.95. The fourth-order valence-electron chi connectivity index (χ4n) is 2.98. The summed E-state index contributed by atoms with van der Waals surface area (Å²) in [6.07, 6.45) is 0. The summed E-state index contributed by atoms with van der Waals surface area (Å²) in [7, 11) is 4.54. The van der Waals surface area contributed by atoms with Crippen LogP contribution in [-0.4, -0.2) is 44.2 Å². The standard InChI is InChI=1S/C21H23N3O5/c1-12(20(25)23-14-8-6-5-7-9-14)22-21(26)15-10-13-11-16(27-2)18(28-3)19(29-4)17(13)24-15/h5-12,24H,1-4H3,(H,22,26)(H,23,25). The van der Waals surface area contributed by atoms with Gasteiger partial charge in [0.15, 0.2) is 11.5 Å². The number of ether oxygens (including phenoxy) is 3. The number of fused-ring (bicyclic) bond motifs is 1. The lowest BCUT2D eigenvalue weighted by Crippen LogP contribution is -2.41. The van der Waals surface area contributed by atoms with Gasteiger partial charge in [-0.3, -0.25) is 9.59 Å². The van der Waals surface area contributed by atoms with Crippen molar-refractivity contribution in [2.24, 2.45) is 0 Å². The Morgan fingerprint density at radius 3 is 2.28 bits per heavy atom. The van der Waals surface area contributed by atoms with Crippen molar-refractivity contribution in [3.63, 3.8) is 0 Å². The van der Waals surface area contributed by atoms with Crippen LogP contribution in [-0.2, 0) is 4.79 Å². The second-order valence-electron chi connectivity index (χ2n) is 6.34. The minimum absolute atomic E-state index is 0.285. The summed E-state index contributed by atoms with van der Waals surface area (Å²) in [6, 6.07) is 11.7. The second kappa shape index (κ2) is 8.55. The van der Waals surface area contributed by atoms with E-state index in [0.29, 0.717) is 33.8 Å². The Morgan fingerprint density at radius 1 is 0.966 bits per heavy atom. The Kier molecular flexibility index (Phi) is 5.92. The number of benzene rings is 2. The zero-order valence-corrected chi connectivity index (χ0v) is 16.7. The molecule has 3 N–H and O–H groups in total. The molecule has 2 amide bonds. The molecule has 29 heavy (non-hydrogen) atoms. The molecular weight excluding hydrogens is 374 g/mol. The van der Waals surface area contributed by atoms with Crippen LogP contribution in [0.2, 0.25) is 0 Å². The molecule has 0 spiro atoms. The van der Waals surface area contributed by atoms with Gasteiger partial charge < -0.3 is 29.8 Å². The number of aromatic nitrogens is 1. The molecule has 3 rings (SSSR count). The Morgan fingerprint density at radius 2 is 1.66 bits per heavy atom. The number of nitrogens with one attached hydrogen (secondary N) is 3. The Balaban J connectivity index is 1.81. The summed E-state index contributed by atoms with van der Waals surface area (Å²) in [5, 5.41) is 6.16. The molecule has 2 aromatic carbocycles. The van der Waals surface area contributed by atoms with E-state index < -0.39 is 11.9 Å². The van der Waals surface area contributed by atoms with E-state index in [2.05, 4.69) is 15.6 Å². The summed E-state index contributed by atoms with van der Waals surface area (Å²) >= 11 is 0. The molecule has 1 atom stereocenters. The monoisotopic (exact) mass is 397 g/mol. The van der Waals surface area contributed by atoms with E-state index in [4.69, 9.17) is 14.2 Å². The summed E-state index contributed by atoms with van der Waals surface area (Å²) in [6.45, 7) is 1.62. The van der Waals surface area contributed by atoms with Gasteiger partial charge >= 0.3 is 0 Å². The number of carbonyl (C=O) groups excluding carboxylic acids is 2. The highest BCUT2D eigenvalue weighted by molar-refractivity contribution is 6.03. The fourth-order valence-corrected chi connectivity index (χ4v) is 2.98. The topological polar surface area (TPSA) is 102 Å². The third kappa shape index (κ3) is 4.11. The van der Waals surface area contributed by atoms with Crippen LogP contribution in [0.25, 0.3) is 10.9 Å². The van der Waals surface area contributed by atoms with Gasteiger partial charge in [-0.1, -0.05) is 18.2 Å². The van der Waals surface area contributed by atoms with Gasteiger partial charge in [-0.15, -0.1) is 0 Å². The van der Waals surface area contributed by atoms with Crippen molar-refractivity contribution in [2.75, 3.05) is 26.6 Å². The highest BCUT2D eigenvalue weighted by Gasteiger charge is 2.22. The van der Waals surface area contributed by atoms with Gasteiger partial charge in [0.1, 0.15) is 11.7 Å². The van der Waals surface area contributed by atoms with Gasteiger partial charge in [0.2, 0.25) is 11.7 Å². The van der Waals surface area contributed by atoms with Crippen molar-refractivity contribution in [1.82, 2.24) is 10.3 Å². The van der Waals surface area contributed by atoms with E-state index in [-0.39, 0.29) is 11.6 Å². The van der Waals surface area contributed by atoms with Crippen LogP contribution in [0.15, 0.2) is 42.5 Å². The van der Waals surface area contributed by atoms with Crippen LogP contribution in [0.1, 0.15) is 17.4 Å². The third-order valence-electron chi connectivity index (χ3n) is 4.45. The van der Waals surface area contributed by atoms with Gasteiger partial charge in [0.25, 0.3) is 5.91 Å². The Labute approximate surface area is 168 Å². The van der Waals surface area contributed by atoms with Gasteiger partial charge in [-0.25, -0.2) is 0 Å². The number of anilines is 1. The molecule has 1 heterocycles. The van der Waals surface area contributed by atoms with Crippen LogP contribution in [0.4, 0.5) is 5.69 Å². The molecule has 0 saturated carbocycles. The molecule has 1 aromatic heterocycles. The average molecular weight is 397 g/mol. The van der Waals surface area contributed by atoms with Crippen molar-refractivity contribution in [1.29, 1.82) is 0 Å². The maximum Gasteiger partial charge on any atom is 0.268 e. The van der Waals surface area contributed by atoms with Crippen LogP contribution in [0.5, 0.6) is 17.2 Å². The molecule has 0 bridgehead atoms. The van der Waals surface area contributed by atoms with E-state index in [1.54, 1.807) is 31.2 Å². The number of amides is 2. The normalized spacial score (nSPS) is 11.6. The zero-order valence-electron chi connectivity index (χ0n) is 16.7. The van der Waals surface area contributed by atoms with E-state index in [1.165, 1.54) is 21.3 Å². The van der Waals surface area contributed by atoms with Crippen LogP contribution >= 0.6 is 0 Å². The highest BCUT2D eigenvalue weighted by Crippen LogP contribution is 2.43. The van der Waals surface area contributed by atoms with E-state index in [9.17, 15) is 9.59 Å². The number of aromatic amines is 1. The minimum Gasteiger partial charge on any atom is -0.493 e. The van der Waals surface area contributed by atoms with Gasteiger partial charge in [0.05, 0.1) is 26.8 Å². The molecule has 8 nitrogen and oxygen atoms in total. The molecular formula is C21H23N3O5. The summed E-state index contributed by atoms with van der Waals surface area (Å²) in [5.41, 5.74) is 1.54.